The van der Waals surface area contributed by atoms with Gasteiger partial charge in [0.1, 0.15) is 5.25 Å². The fraction of sp³-hybridized carbons (Fsp3) is 0.647. The zero-order valence-electron chi connectivity index (χ0n) is 14.3. The Morgan fingerprint density at radius 1 is 1.16 bits per heavy atom. The molecule has 0 unspecified atom stereocenters. The van der Waals surface area contributed by atoms with Crippen molar-refractivity contribution in [2.75, 3.05) is 27.2 Å². The lowest BCUT2D eigenvalue weighted by Gasteiger charge is -2.24. The van der Waals surface area contributed by atoms with Crippen LogP contribution in [0.5, 0.6) is 0 Å². The Bertz CT molecular complexity index is 730. The Morgan fingerprint density at radius 3 is 2.36 bits per heavy atom. The molecular formula is C17H23F3N2O2S. The van der Waals surface area contributed by atoms with Crippen molar-refractivity contribution in [2.24, 2.45) is 5.92 Å². The number of likely N-dealkylation sites (tertiary alicyclic amines) is 1. The van der Waals surface area contributed by atoms with Crippen molar-refractivity contribution < 1.29 is 21.6 Å². The Hall–Kier alpha value is -1.12. The van der Waals surface area contributed by atoms with Crippen LogP contribution >= 0.6 is 0 Å². The van der Waals surface area contributed by atoms with E-state index in [-0.39, 0.29) is 13.1 Å². The van der Waals surface area contributed by atoms with Crippen molar-refractivity contribution in [3.05, 3.63) is 35.4 Å². The predicted molar refractivity (Wildman–Crippen MR) is 89.6 cm³/mol. The first kappa shape index (κ1) is 18.7. The molecule has 1 saturated carbocycles. The number of rotatable bonds is 5. The van der Waals surface area contributed by atoms with E-state index in [4.69, 9.17) is 0 Å². The van der Waals surface area contributed by atoms with Crippen LogP contribution in [0.15, 0.2) is 24.3 Å². The lowest BCUT2D eigenvalue weighted by atomic mass is 10.0. The third kappa shape index (κ3) is 3.85. The summed E-state index contributed by atoms with van der Waals surface area (Å²) < 4.78 is 65.9. The standard InChI is InChI=1S/C17H23F3N2O2S/c1-21(2)25(23,24)16-11-22(10-15(16)17(18,19)20)9-13-5-3-4-6-14(13)12-7-8-12/h3-6,12,15-16H,7-11H2,1-2H3/t15-,16-/m1/s1. The first-order chi connectivity index (χ1) is 11.6. The summed E-state index contributed by atoms with van der Waals surface area (Å²) in [5.41, 5.74) is 2.19. The molecule has 8 heteroatoms. The fourth-order valence-electron chi connectivity index (χ4n) is 3.58. The Morgan fingerprint density at radius 2 is 1.80 bits per heavy atom. The van der Waals surface area contributed by atoms with Crippen LogP contribution < -0.4 is 0 Å². The zero-order chi connectivity index (χ0) is 18.4. The van der Waals surface area contributed by atoms with Gasteiger partial charge in [-0.3, -0.25) is 4.90 Å². The molecule has 25 heavy (non-hydrogen) atoms. The largest absolute Gasteiger partial charge is 0.394 e. The Labute approximate surface area is 146 Å². The molecule has 1 saturated heterocycles. The second-order valence-electron chi connectivity index (χ2n) is 7.18. The predicted octanol–water partition coefficient (Wildman–Crippen LogP) is 2.82. The summed E-state index contributed by atoms with van der Waals surface area (Å²) in [4.78, 5) is 1.63. The van der Waals surface area contributed by atoms with Crippen LogP contribution in [0, 0.1) is 5.92 Å². The summed E-state index contributed by atoms with van der Waals surface area (Å²) in [5.74, 6) is -1.36. The van der Waals surface area contributed by atoms with Crippen LogP contribution in [0.3, 0.4) is 0 Å². The molecule has 2 fully saturated rings. The van der Waals surface area contributed by atoms with Crippen LogP contribution in [-0.2, 0) is 16.6 Å². The molecule has 1 aliphatic carbocycles. The van der Waals surface area contributed by atoms with Gasteiger partial charge >= 0.3 is 6.18 Å². The van der Waals surface area contributed by atoms with Gasteiger partial charge in [-0.15, -0.1) is 0 Å². The van der Waals surface area contributed by atoms with Crippen molar-refractivity contribution in [1.82, 2.24) is 9.21 Å². The molecule has 140 valence electrons. The van der Waals surface area contributed by atoms with Crippen molar-refractivity contribution in [1.29, 1.82) is 0 Å². The lowest BCUT2D eigenvalue weighted by molar-refractivity contribution is -0.169. The topological polar surface area (TPSA) is 40.6 Å². The first-order valence-corrected chi connectivity index (χ1v) is 9.89. The fourth-order valence-corrected chi connectivity index (χ4v) is 5.18. The summed E-state index contributed by atoms with van der Waals surface area (Å²) >= 11 is 0. The molecular weight excluding hydrogens is 353 g/mol. The second-order valence-corrected chi connectivity index (χ2v) is 9.55. The third-order valence-electron chi connectivity index (χ3n) is 5.12. The normalized spacial score (nSPS) is 25.7. The number of nitrogens with zero attached hydrogens (tertiary/aromatic N) is 2. The van der Waals surface area contributed by atoms with E-state index in [0.717, 1.165) is 22.7 Å². The second kappa shape index (κ2) is 6.55. The maximum atomic E-state index is 13.4. The van der Waals surface area contributed by atoms with Crippen LogP contribution in [0.25, 0.3) is 0 Å². The molecule has 0 bridgehead atoms. The molecule has 0 spiro atoms. The lowest BCUT2D eigenvalue weighted by Crippen LogP contribution is -2.43. The summed E-state index contributed by atoms with van der Waals surface area (Å²) in [5, 5.41) is -1.45. The Kier molecular flexibility index (Phi) is 4.89. The molecule has 2 atom stereocenters. The van der Waals surface area contributed by atoms with Gasteiger partial charge in [0.2, 0.25) is 10.0 Å². The molecule has 0 amide bonds. The third-order valence-corrected chi connectivity index (χ3v) is 7.38. The molecule has 1 aromatic rings. The maximum absolute atomic E-state index is 13.4. The van der Waals surface area contributed by atoms with Crippen molar-refractivity contribution in [3.8, 4) is 0 Å². The first-order valence-electron chi connectivity index (χ1n) is 8.39. The molecule has 1 heterocycles. The van der Waals surface area contributed by atoms with Crippen LogP contribution in [0.1, 0.15) is 29.9 Å². The van der Waals surface area contributed by atoms with Crippen molar-refractivity contribution >= 4 is 10.0 Å². The van der Waals surface area contributed by atoms with Gasteiger partial charge in [-0.05, 0) is 29.9 Å². The minimum absolute atomic E-state index is 0.0936. The smallest absolute Gasteiger partial charge is 0.297 e. The minimum Gasteiger partial charge on any atom is -0.297 e. The number of halogens is 3. The van der Waals surface area contributed by atoms with E-state index in [1.54, 1.807) is 4.90 Å². The number of sulfonamides is 1. The number of hydrogen-bond acceptors (Lipinski definition) is 3. The van der Waals surface area contributed by atoms with E-state index in [9.17, 15) is 21.6 Å². The quantitative estimate of drug-likeness (QED) is 0.794. The average Bonchev–Trinajstić information content (AvgIpc) is 3.26. The van der Waals surface area contributed by atoms with Crippen molar-refractivity contribution in [2.45, 2.75) is 36.7 Å². The van der Waals surface area contributed by atoms with Gasteiger partial charge in [0.15, 0.2) is 0 Å². The summed E-state index contributed by atoms with van der Waals surface area (Å²) in [6.07, 6.45) is -2.31. The van der Waals surface area contributed by atoms with Gasteiger partial charge in [0.25, 0.3) is 0 Å². The Balaban J connectivity index is 1.83. The van der Waals surface area contributed by atoms with Gasteiger partial charge in [0, 0.05) is 33.7 Å². The highest BCUT2D eigenvalue weighted by Gasteiger charge is 2.54. The monoisotopic (exact) mass is 376 g/mol. The van der Waals surface area contributed by atoms with E-state index in [1.807, 2.05) is 24.3 Å². The highest BCUT2D eigenvalue weighted by molar-refractivity contribution is 7.89. The number of alkyl halides is 3. The molecule has 4 nitrogen and oxygen atoms in total. The van der Waals surface area contributed by atoms with Gasteiger partial charge in [0.05, 0.1) is 5.92 Å². The maximum Gasteiger partial charge on any atom is 0.394 e. The van der Waals surface area contributed by atoms with E-state index in [1.165, 1.54) is 19.7 Å². The van der Waals surface area contributed by atoms with Gasteiger partial charge in [-0.25, -0.2) is 12.7 Å². The highest BCUT2D eigenvalue weighted by Crippen LogP contribution is 2.43. The summed E-state index contributed by atoms with van der Waals surface area (Å²) in [6, 6.07) is 7.79. The van der Waals surface area contributed by atoms with Crippen LogP contribution in [0.4, 0.5) is 13.2 Å². The van der Waals surface area contributed by atoms with Crippen LogP contribution in [0.2, 0.25) is 0 Å². The van der Waals surface area contributed by atoms with Crippen LogP contribution in [-0.4, -0.2) is 56.2 Å². The van der Waals surface area contributed by atoms with Crippen molar-refractivity contribution in [3.63, 3.8) is 0 Å². The summed E-state index contributed by atoms with van der Waals surface area (Å²) in [6.45, 7) is -0.0113. The van der Waals surface area contributed by atoms with Gasteiger partial charge < -0.3 is 0 Å². The minimum atomic E-state index is -4.53. The van der Waals surface area contributed by atoms with E-state index in [0.29, 0.717) is 12.5 Å². The number of benzene rings is 1. The molecule has 1 aromatic carbocycles. The molecule has 0 radical (unpaired) electrons. The van der Waals surface area contributed by atoms with E-state index in [2.05, 4.69) is 0 Å². The highest BCUT2D eigenvalue weighted by atomic mass is 32.2. The number of hydrogen-bond donors (Lipinski definition) is 0. The molecule has 1 aliphatic heterocycles. The molecule has 0 aromatic heterocycles. The van der Waals surface area contributed by atoms with E-state index < -0.39 is 27.4 Å². The SMILES string of the molecule is CN(C)S(=O)(=O)[C@@H]1CN(Cc2ccccc2C2CC2)C[C@H]1C(F)(F)F. The van der Waals surface area contributed by atoms with E-state index >= 15 is 0 Å². The molecule has 0 N–H and O–H groups in total. The molecule has 2 aliphatic rings. The van der Waals surface area contributed by atoms with Gasteiger partial charge in [-0.2, -0.15) is 13.2 Å². The zero-order valence-corrected chi connectivity index (χ0v) is 15.1. The average molecular weight is 376 g/mol. The van der Waals surface area contributed by atoms with Gasteiger partial charge in [-0.1, -0.05) is 24.3 Å². The summed E-state index contributed by atoms with van der Waals surface area (Å²) in [7, 11) is -1.41. The molecule has 3 rings (SSSR count).